The molecule has 0 radical (unpaired) electrons. The standard InChI is InChI=1S/C15H22F3N3OS/c1-10(2)13-12(20-9-23-13)14(22)19-6-11-4-3-5-21(7-11)8-15(16,17)18/h9-11H,3-8H2,1-2H3,(H,19,22). The summed E-state index contributed by atoms with van der Waals surface area (Å²) in [6.07, 6.45) is -2.61. The highest BCUT2D eigenvalue weighted by Gasteiger charge is 2.33. The molecule has 1 fully saturated rings. The molecule has 1 N–H and O–H groups in total. The highest BCUT2D eigenvalue weighted by molar-refractivity contribution is 7.10. The second kappa shape index (κ2) is 7.61. The van der Waals surface area contributed by atoms with Crippen LogP contribution in [0, 0.1) is 5.92 Å². The smallest absolute Gasteiger partial charge is 0.350 e. The number of aromatic nitrogens is 1. The lowest BCUT2D eigenvalue weighted by atomic mass is 9.98. The molecule has 1 atom stereocenters. The lowest BCUT2D eigenvalue weighted by Crippen LogP contribution is -2.44. The van der Waals surface area contributed by atoms with Gasteiger partial charge in [-0.2, -0.15) is 13.2 Å². The molecule has 130 valence electrons. The zero-order valence-electron chi connectivity index (χ0n) is 13.3. The van der Waals surface area contributed by atoms with E-state index in [1.165, 1.54) is 16.2 Å². The molecule has 1 aliphatic rings. The molecule has 1 aromatic rings. The first kappa shape index (κ1) is 18.2. The highest BCUT2D eigenvalue weighted by atomic mass is 32.1. The summed E-state index contributed by atoms with van der Waals surface area (Å²) in [6, 6.07) is 0. The van der Waals surface area contributed by atoms with Crippen LogP contribution >= 0.6 is 11.3 Å². The summed E-state index contributed by atoms with van der Waals surface area (Å²) in [5.74, 6) is 0.0410. The van der Waals surface area contributed by atoms with Crippen LogP contribution in [-0.2, 0) is 0 Å². The third-order valence-corrected chi connectivity index (χ3v) is 5.02. The minimum Gasteiger partial charge on any atom is -0.350 e. The Labute approximate surface area is 138 Å². The predicted molar refractivity (Wildman–Crippen MR) is 83.8 cm³/mol. The normalized spacial score (nSPS) is 20.0. The van der Waals surface area contributed by atoms with Crippen molar-refractivity contribution in [1.29, 1.82) is 0 Å². The van der Waals surface area contributed by atoms with E-state index in [0.717, 1.165) is 17.7 Å². The molecule has 1 saturated heterocycles. The van der Waals surface area contributed by atoms with Crippen LogP contribution < -0.4 is 5.32 Å². The van der Waals surface area contributed by atoms with Crippen molar-refractivity contribution < 1.29 is 18.0 Å². The Hall–Kier alpha value is -1.15. The third-order valence-electron chi connectivity index (χ3n) is 3.89. The summed E-state index contributed by atoms with van der Waals surface area (Å²) in [5.41, 5.74) is 2.09. The summed E-state index contributed by atoms with van der Waals surface area (Å²) in [6.45, 7) is 4.35. The van der Waals surface area contributed by atoms with Gasteiger partial charge in [-0.25, -0.2) is 4.98 Å². The van der Waals surface area contributed by atoms with Crippen molar-refractivity contribution in [3.05, 3.63) is 16.1 Å². The largest absolute Gasteiger partial charge is 0.401 e. The Balaban J connectivity index is 1.85. The van der Waals surface area contributed by atoms with Crippen LogP contribution in [0.25, 0.3) is 0 Å². The Morgan fingerprint density at radius 3 is 2.91 bits per heavy atom. The number of carbonyl (C=O) groups is 1. The maximum atomic E-state index is 12.5. The molecule has 2 heterocycles. The molecule has 1 aliphatic heterocycles. The molecule has 0 spiro atoms. The lowest BCUT2D eigenvalue weighted by Gasteiger charge is -2.33. The van der Waals surface area contributed by atoms with Crippen molar-refractivity contribution in [1.82, 2.24) is 15.2 Å². The van der Waals surface area contributed by atoms with Crippen LogP contribution in [0.4, 0.5) is 13.2 Å². The van der Waals surface area contributed by atoms with E-state index in [2.05, 4.69) is 10.3 Å². The van der Waals surface area contributed by atoms with E-state index >= 15 is 0 Å². The Kier molecular flexibility index (Phi) is 6.02. The molecule has 1 amide bonds. The SMILES string of the molecule is CC(C)c1scnc1C(=O)NCC1CCCN(CC(F)(F)F)C1. The maximum absolute atomic E-state index is 12.5. The number of rotatable bonds is 5. The molecule has 8 heteroatoms. The molecule has 1 aromatic heterocycles. The number of nitrogens with one attached hydrogen (secondary N) is 1. The summed E-state index contributed by atoms with van der Waals surface area (Å²) in [4.78, 5) is 18.7. The highest BCUT2D eigenvalue weighted by Crippen LogP contribution is 2.24. The van der Waals surface area contributed by atoms with Gasteiger partial charge >= 0.3 is 6.18 Å². The average Bonchev–Trinajstić information content (AvgIpc) is 2.93. The Morgan fingerprint density at radius 1 is 1.52 bits per heavy atom. The quantitative estimate of drug-likeness (QED) is 0.887. The molecule has 0 aromatic carbocycles. The first-order valence-corrected chi connectivity index (χ1v) is 8.65. The number of carbonyl (C=O) groups excluding carboxylic acids is 1. The molecule has 1 unspecified atom stereocenters. The van der Waals surface area contributed by atoms with E-state index in [-0.39, 0.29) is 17.7 Å². The van der Waals surface area contributed by atoms with E-state index in [1.54, 1.807) is 5.51 Å². The second-order valence-corrected chi connectivity index (χ2v) is 7.17. The van der Waals surface area contributed by atoms with Crippen molar-refractivity contribution >= 4 is 17.2 Å². The van der Waals surface area contributed by atoms with Crippen LogP contribution in [0.2, 0.25) is 0 Å². The summed E-state index contributed by atoms with van der Waals surface area (Å²) >= 11 is 1.45. The fourth-order valence-electron chi connectivity index (χ4n) is 2.87. The molecule has 2 rings (SSSR count). The predicted octanol–water partition coefficient (Wildman–Crippen LogP) is 3.27. The fourth-order valence-corrected chi connectivity index (χ4v) is 3.67. The van der Waals surface area contributed by atoms with E-state index in [1.807, 2.05) is 13.8 Å². The summed E-state index contributed by atoms with van der Waals surface area (Å²) in [7, 11) is 0. The summed E-state index contributed by atoms with van der Waals surface area (Å²) in [5, 5.41) is 2.83. The number of hydrogen-bond donors (Lipinski definition) is 1. The first-order chi connectivity index (χ1) is 10.8. The van der Waals surface area contributed by atoms with Gasteiger partial charge in [-0.1, -0.05) is 13.8 Å². The zero-order valence-corrected chi connectivity index (χ0v) is 14.1. The van der Waals surface area contributed by atoms with Crippen LogP contribution in [0.1, 0.15) is 48.0 Å². The number of nitrogens with zero attached hydrogens (tertiary/aromatic N) is 2. The van der Waals surface area contributed by atoms with Gasteiger partial charge in [0.15, 0.2) is 0 Å². The van der Waals surface area contributed by atoms with Gasteiger partial charge in [0.2, 0.25) is 0 Å². The monoisotopic (exact) mass is 349 g/mol. The van der Waals surface area contributed by atoms with Crippen LogP contribution in [0.5, 0.6) is 0 Å². The van der Waals surface area contributed by atoms with E-state index < -0.39 is 12.7 Å². The van der Waals surface area contributed by atoms with Gasteiger partial charge in [-0.15, -0.1) is 11.3 Å². The van der Waals surface area contributed by atoms with Crippen molar-refractivity contribution in [3.63, 3.8) is 0 Å². The van der Waals surface area contributed by atoms with Crippen molar-refractivity contribution in [2.75, 3.05) is 26.2 Å². The topological polar surface area (TPSA) is 45.2 Å². The molecule has 23 heavy (non-hydrogen) atoms. The number of likely N-dealkylation sites (tertiary alicyclic amines) is 1. The molecule has 4 nitrogen and oxygen atoms in total. The van der Waals surface area contributed by atoms with Gasteiger partial charge in [-0.3, -0.25) is 9.69 Å². The zero-order chi connectivity index (χ0) is 17.0. The second-order valence-electron chi connectivity index (χ2n) is 6.29. The molecule has 0 saturated carbocycles. The van der Waals surface area contributed by atoms with Gasteiger partial charge in [0.05, 0.1) is 12.1 Å². The Bertz CT molecular complexity index is 530. The fraction of sp³-hybridized carbons (Fsp3) is 0.733. The minimum atomic E-state index is -4.17. The van der Waals surface area contributed by atoms with Gasteiger partial charge in [0, 0.05) is 18.0 Å². The average molecular weight is 349 g/mol. The van der Waals surface area contributed by atoms with Gasteiger partial charge < -0.3 is 5.32 Å². The molecular formula is C15H22F3N3OS. The van der Waals surface area contributed by atoms with Gasteiger partial charge in [-0.05, 0) is 31.2 Å². The number of halogens is 3. The van der Waals surface area contributed by atoms with Gasteiger partial charge in [0.25, 0.3) is 5.91 Å². The van der Waals surface area contributed by atoms with E-state index in [0.29, 0.717) is 25.3 Å². The van der Waals surface area contributed by atoms with Crippen LogP contribution in [0.3, 0.4) is 0 Å². The van der Waals surface area contributed by atoms with Crippen LogP contribution in [-0.4, -0.2) is 48.1 Å². The number of thiazole rings is 1. The first-order valence-electron chi connectivity index (χ1n) is 7.77. The molecular weight excluding hydrogens is 327 g/mol. The van der Waals surface area contributed by atoms with Crippen molar-refractivity contribution in [3.8, 4) is 0 Å². The van der Waals surface area contributed by atoms with Crippen molar-refractivity contribution in [2.45, 2.75) is 38.8 Å². The lowest BCUT2D eigenvalue weighted by molar-refractivity contribution is -0.149. The van der Waals surface area contributed by atoms with Crippen molar-refractivity contribution in [2.24, 2.45) is 5.92 Å². The molecule has 0 bridgehead atoms. The number of amides is 1. The molecule has 0 aliphatic carbocycles. The van der Waals surface area contributed by atoms with E-state index in [4.69, 9.17) is 0 Å². The summed E-state index contributed by atoms with van der Waals surface area (Å²) < 4.78 is 37.4. The van der Waals surface area contributed by atoms with Gasteiger partial charge in [0.1, 0.15) is 5.69 Å². The Morgan fingerprint density at radius 2 is 2.26 bits per heavy atom. The number of alkyl halides is 3. The van der Waals surface area contributed by atoms with Crippen LogP contribution in [0.15, 0.2) is 5.51 Å². The van der Waals surface area contributed by atoms with E-state index in [9.17, 15) is 18.0 Å². The number of piperidine rings is 1. The maximum Gasteiger partial charge on any atom is 0.401 e. The number of hydrogen-bond acceptors (Lipinski definition) is 4. The third kappa shape index (κ3) is 5.46. The minimum absolute atomic E-state index is 0.0520.